The van der Waals surface area contributed by atoms with Crippen molar-refractivity contribution in [1.82, 2.24) is 0 Å². The Hall–Kier alpha value is -2.41. The van der Waals surface area contributed by atoms with E-state index in [1.807, 2.05) is 13.8 Å². The molecule has 0 radical (unpaired) electrons. The summed E-state index contributed by atoms with van der Waals surface area (Å²) >= 11 is 0. The molecule has 156 valence electrons. The van der Waals surface area contributed by atoms with Crippen molar-refractivity contribution in [1.29, 1.82) is 0 Å². The molecule has 1 saturated carbocycles. The van der Waals surface area contributed by atoms with Crippen LogP contribution in [0.4, 0.5) is 0 Å². The Kier molecular flexibility index (Phi) is 4.49. The monoisotopic (exact) mass is 402 g/mol. The number of rotatable bonds is 3. The molecule has 7 atom stereocenters. The van der Waals surface area contributed by atoms with Crippen LogP contribution in [0, 0.1) is 11.8 Å². The Balaban J connectivity index is 1.84. The topological polar surface area (TPSA) is 91.4 Å². The van der Waals surface area contributed by atoms with Gasteiger partial charge in [0.05, 0.1) is 12.0 Å². The van der Waals surface area contributed by atoms with Gasteiger partial charge in [0.2, 0.25) is 0 Å². The minimum Gasteiger partial charge on any atom is -0.457 e. The van der Waals surface area contributed by atoms with Crippen LogP contribution in [0.1, 0.15) is 41.0 Å². The van der Waals surface area contributed by atoms with Gasteiger partial charge in [-0.1, -0.05) is 18.2 Å². The third-order valence-corrected chi connectivity index (χ3v) is 6.84. The molecular weight excluding hydrogens is 376 g/mol. The molecule has 0 aromatic heterocycles. The van der Waals surface area contributed by atoms with Gasteiger partial charge in [0.1, 0.15) is 11.7 Å². The lowest BCUT2D eigenvalue weighted by molar-refractivity contribution is -0.166. The summed E-state index contributed by atoms with van der Waals surface area (Å²) in [6.07, 6.45) is 0.0542. The van der Waals surface area contributed by atoms with E-state index in [4.69, 9.17) is 18.9 Å². The summed E-state index contributed by atoms with van der Waals surface area (Å²) in [5, 5.41) is 0. The van der Waals surface area contributed by atoms with Crippen molar-refractivity contribution in [3.8, 4) is 0 Å². The molecule has 0 unspecified atom stereocenters. The number of carbonyl (C=O) groups excluding carboxylic acids is 3. The van der Waals surface area contributed by atoms with Gasteiger partial charge in [0, 0.05) is 24.0 Å². The zero-order chi connectivity index (χ0) is 21.2. The third kappa shape index (κ3) is 2.86. The highest BCUT2D eigenvalue weighted by Crippen LogP contribution is 2.62. The molecule has 2 aliphatic heterocycles. The van der Waals surface area contributed by atoms with Crippen molar-refractivity contribution < 1.29 is 33.3 Å². The Labute approximate surface area is 169 Å². The fourth-order valence-corrected chi connectivity index (χ4v) is 5.08. The predicted octanol–water partition coefficient (Wildman–Crippen LogP) is 2.40. The van der Waals surface area contributed by atoms with E-state index in [9.17, 15) is 14.4 Å². The number of carbonyl (C=O) groups is 3. The van der Waals surface area contributed by atoms with Crippen LogP contribution in [0.25, 0.3) is 0 Å². The molecule has 7 nitrogen and oxygen atoms in total. The first-order valence-corrected chi connectivity index (χ1v) is 9.88. The molecule has 0 spiro atoms. The van der Waals surface area contributed by atoms with E-state index in [-0.39, 0.29) is 17.6 Å². The molecule has 0 N–H and O–H groups in total. The summed E-state index contributed by atoms with van der Waals surface area (Å²) in [6, 6.07) is 0. The van der Waals surface area contributed by atoms with Gasteiger partial charge in [0.25, 0.3) is 0 Å². The lowest BCUT2D eigenvalue weighted by Crippen LogP contribution is -2.45. The third-order valence-electron chi connectivity index (χ3n) is 6.84. The van der Waals surface area contributed by atoms with Crippen molar-refractivity contribution in [3.63, 3.8) is 0 Å². The fraction of sp³-hybridized carbons (Fsp3) is 0.591. The summed E-state index contributed by atoms with van der Waals surface area (Å²) in [4.78, 5) is 37.0. The molecule has 0 aromatic rings. The van der Waals surface area contributed by atoms with E-state index in [0.717, 1.165) is 11.1 Å². The minimum atomic E-state index is -0.913. The summed E-state index contributed by atoms with van der Waals surface area (Å²) < 4.78 is 23.1. The highest BCUT2D eigenvalue weighted by Gasteiger charge is 2.71. The highest BCUT2D eigenvalue weighted by atomic mass is 16.6. The summed E-state index contributed by atoms with van der Waals surface area (Å²) in [7, 11) is 0. The molecule has 0 aromatic carbocycles. The second-order valence-electron chi connectivity index (χ2n) is 8.47. The average Bonchev–Trinajstić information content (AvgIpc) is 3.12. The van der Waals surface area contributed by atoms with E-state index in [2.05, 4.69) is 6.58 Å². The van der Waals surface area contributed by atoms with E-state index < -0.39 is 47.7 Å². The summed E-state index contributed by atoms with van der Waals surface area (Å²) in [6.45, 7) is 12.5. The predicted molar refractivity (Wildman–Crippen MR) is 101 cm³/mol. The van der Waals surface area contributed by atoms with Gasteiger partial charge in [-0.25, -0.2) is 9.59 Å². The van der Waals surface area contributed by atoms with Crippen LogP contribution in [0.3, 0.4) is 0 Å². The number of esters is 3. The first-order chi connectivity index (χ1) is 13.6. The van der Waals surface area contributed by atoms with E-state index in [1.165, 1.54) is 6.92 Å². The maximum atomic E-state index is 12.6. The summed E-state index contributed by atoms with van der Waals surface area (Å²) in [5.41, 5.74) is 2.09. The lowest BCUT2D eigenvalue weighted by Gasteiger charge is -2.32. The number of hydrogen-bond acceptors (Lipinski definition) is 7. The molecule has 4 rings (SSSR count). The van der Waals surface area contributed by atoms with Gasteiger partial charge in [0.15, 0.2) is 12.2 Å². The van der Waals surface area contributed by atoms with Crippen molar-refractivity contribution in [3.05, 3.63) is 34.9 Å². The Bertz CT molecular complexity index is 882. The van der Waals surface area contributed by atoms with Gasteiger partial charge >= 0.3 is 17.9 Å². The molecule has 2 aliphatic carbocycles. The zero-order valence-electron chi connectivity index (χ0n) is 17.3. The second-order valence-corrected chi connectivity index (χ2v) is 8.47. The van der Waals surface area contributed by atoms with Gasteiger partial charge in [-0.2, -0.15) is 0 Å². The van der Waals surface area contributed by atoms with Gasteiger partial charge in [-0.05, 0) is 39.7 Å². The van der Waals surface area contributed by atoms with Crippen molar-refractivity contribution >= 4 is 17.9 Å². The van der Waals surface area contributed by atoms with Gasteiger partial charge in [-0.3, -0.25) is 4.79 Å². The average molecular weight is 402 g/mol. The van der Waals surface area contributed by atoms with Crippen molar-refractivity contribution in [2.24, 2.45) is 11.8 Å². The highest BCUT2D eigenvalue weighted by molar-refractivity contribution is 5.92. The first-order valence-electron chi connectivity index (χ1n) is 9.88. The molecule has 0 amide bonds. The van der Waals surface area contributed by atoms with E-state index in [1.54, 1.807) is 19.9 Å². The van der Waals surface area contributed by atoms with Crippen molar-refractivity contribution in [2.45, 2.75) is 71.1 Å². The molecule has 0 bridgehead atoms. The quantitative estimate of drug-likeness (QED) is 0.235. The zero-order valence-corrected chi connectivity index (χ0v) is 17.3. The van der Waals surface area contributed by atoms with Crippen LogP contribution >= 0.6 is 0 Å². The maximum Gasteiger partial charge on any atom is 0.334 e. The SMILES string of the molecule is C=C1C(=O)O[C@H]2[C@@H]1[C@@H](OC(=O)/C(C)=C\C)[C@H](OC(C)=O)C(C)=C1C[C@H]3O[C@@]3(C)[C@@H]12. The van der Waals surface area contributed by atoms with Crippen LogP contribution in [-0.4, -0.2) is 47.9 Å². The van der Waals surface area contributed by atoms with Crippen LogP contribution < -0.4 is 0 Å². The Morgan fingerprint density at radius 3 is 2.59 bits per heavy atom. The van der Waals surface area contributed by atoms with Crippen molar-refractivity contribution in [2.75, 3.05) is 0 Å². The van der Waals surface area contributed by atoms with Crippen LogP contribution in [0.2, 0.25) is 0 Å². The fourth-order valence-electron chi connectivity index (χ4n) is 5.08. The molecule has 4 aliphatic rings. The van der Waals surface area contributed by atoms with Crippen LogP contribution in [0.5, 0.6) is 0 Å². The van der Waals surface area contributed by atoms with Crippen LogP contribution in [-0.2, 0) is 33.3 Å². The Morgan fingerprint density at radius 2 is 1.97 bits per heavy atom. The molecule has 7 heteroatoms. The number of ether oxygens (including phenoxy) is 4. The minimum absolute atomic E-state index is 0.0491. The standard InChI is InChI=1S/C22H26O7/c1-7-9(2)20(24)28-19-15-11(4)21(25)27-18(15)16-13(8-14-22(16,6)29-14)10(3)17(19)26-12(5)23/h7,14-19H,4,8H2,1-3,5-6H3/b9-7-/t14-,15-,16+,17-,18+,19-,22-/m1/s1. The van der Waals surface area contributed by atoms with Gasteiger partial charge < -0.3 is 18.9 Å². The normalized spacial score (nSPS) is 40.5. The molecular formula is C22H26O7. The molecule has 2 heterocycles. The molecule has 3 fully saturated rings. The lowest BCUT2D eigenvalue weighted by atomic mass is 9.79. The van der Waals surface area contributed by atoms with E-state index in [0.29, 0.717) is 12.0 Å². The van der Waals surface area contributed by atoms with E-state index >= 15 is 0 Å². The summed E-state index contributed by atoms with van der Waals surface area (Å²) in [5.74, 6) is -2.35. The number of allylic oxidation sites excluding steroid dienone is 1. The largest absolute Gasteiger partial charge is 0.457 e. The number of fused-ring (bicyclic) bond motifs is 5. The first kappa shape index (κ1) is 19.9. The molecule has 2 saturated heterocycles. The maximum absolute atomic E-state index is 12.6. The smallest absolute Gasteiger partial charge is 0.334 e. The number of epoxide rings is 1. The molecule has 29 heavy (non-hydrogen) atoms. The van der Waals surface area contributed by atoms with Gasteiger partial charge in [-0.15, -0.1) is 0 Å². The second kappa shape index (κ2) is 6.55. The Morgan fingerprint density at radius 1 is 1.28 bits per heavy atom. The number of hydrogen-bond donors (Lipinski definition) is 0. The van der Waals surface area contributed by atoms with Crippen LogP contribution in [0.15, 0.2) is 34.9 Å².